The third-order valence-corrected chi connectivity index (χ3v) is 5.81. The first-order valence-electron chi connectivity index (χ1n) is 6.78. The van der Waals surface area contributed by atoms with Gasteiger partial charge in [-0.15, -0.1) is 6.58 Å². The van der Waals surface area contributed by atoms with Crippen LogP contribution >= 0.6 is 11.8 Å². The summed E-state index contributed by atoms with van der Waals surface area (Å²) in [6.07, 6.45) is 4.36. The van der Waals surface area contributed by atoms with Crippen LogP contribution in [0.5, 0.6) is 0 Å². The molecule has 6 nitrogen and oxygen atoms in total. The molecule has 0 spiro atoms. The van der Waals surface area contributed by atoms with Crippen LogP contribution in [-0.4, -0.2) is 33.1 Å². The van der Waals surface area contributed by atoms with E-state index in [0.717, 1.165) is 9.54 Å². The highest BCUT2D eigenvalue weighted by atomic mass is 32.2. The van der Waals surface area contributed by atoms with Gasteiger partial charge < -0.3 is 0 Å². The van der Waals surface area contributed by atoms with Crippen LogP contribution in [0.15, 0.2) is 59.5 Å². The molecule has 0 N–H and O–H groups in total. The second kappa shape index (κ2) is 6.13. The Morgan fingerprint density at radius 1 is 1.22 bits per heavy atom. The highest BCUT2D eigenvalue weighted by molar-refractivity contribution is 7.99. The first kappa shape index (κ1) is 15.7. The lowest BCUT2D eigenvalue weighted by Crippen LogP contribution is -2.12. The molecular formula is C15H14N4O2S2. The lowest BCUT2D eigenvalue weighted by molar-refractivity contribution is 0.588. The van der Waals surface area contributed by atoms with E-state index in [-0.39, 0.29) is 10.5 Å². The standard InChI is InChI=1S/C15H14N4O2S2/c1-3-8-22-15-13-14(16-9-17-15)19(10-18-13)23(20,21)12-6-4-11(2)5-7-12/h3-7,9-10H,1,8H2,2H3. The molecule has 0 saturated heterocycles. The summed E-state index contributed by atoms with van der Waals surface area (Å²) in [6, 6.07) is 6.66. The normalized spacial score (nSPS) is 11.7. The van der Waals surface area contributed by atoms with E-state index in [1.807, 2.05) is 6.92 Å². The lowest BCUT2D eigenvalue weighted by Gasteiger charge is -2.06. The van der Waals surface area contributed by atoms with Gasteiger partial charge in [-0.3, -0.25) is 0 Å². The number of hydrogen-bond donors (Lipinski definition) is 0. The number of aromatic nitrogens is 4. The second-order valence-corrected chi connectivity index (χ2v) is 7.63. The van der Waals surface area contributed by atoms with Gasteiger partial charge in [0.2, 0.25) is 0 Å². The molecule has 0 unspecified atom stereocenters. The zero-order valence-corrected chi connectivity index (χ0v) is 14.0. The maximum atomic E-state index is 12.8. The predicted molar refractivity (Wildman–Crippen MR) is 90.0 cm³/mol. The van der Waals surface area contributed by atoms with Crippen molar-refractivity contribution in [3.8, 4) is 0 Å². The number of benzene rings is 1. The first-order chi connectivity index (χ1) is 11.0. The Morgan fingerprint density at radius 2 is 1.96 bits per heavy atom. The molecular weight excluding hydrogens is 332 g/mol. The van der Waals surface area contributed by atoms with Gasteiger partial charge >= 0.3 is 0 Å². The minimum atomic E-state index is -3.74. The summed E-state index contributed by atoms with van der Waals surface area (Å²) in [5, 5.41) is 0.632. The van der Waals surface area contributed by atoms with Crippen molar-refractivity contribution in [1.29, 1.82) is 0 Å². The third kappa shape index (κ3) is 2.87. The average molecular weight is 346 g/mol. The molecule has 0 bridgehead atoms. The van der Waals surface area contributed by atoms with E-state index in [1.165, 1.54) is 24.4 Å². The molecule has 0 aliphatic heterocycles. The Hall–Kier alpha value is -2.19. The molecule has 0 amide bonds. The number of rotatable bonds is 5. The zero-order chi connectivity index (χ0) is 16.4. The van der Waals surface area contributed by atoms with Crippen LogP contribution < -0.4 is 0 Å². The van der Waals surface area contributed by atoms with E-state index < -0.39 is 10.0 Å². The number of imidazole rings is 1. The summed E-state index contributed by atoms with van der Waals surface area (Å²) in [6.45, 7) is 5.56. The number of nitrogens with zero attached hydrogens (tertiary/aromatic N) is 4. The maximum absolute atomic E-state index is 12.8. The topological polar surface area (TPSA) is 77.7 Å². The minimum absolute atomic E-state index is 0.196. The van der Waals surface area contributed by atoms with Crippen LogP contribution in [0, 0.1) is 6.92 Å². The van der Waals surface area contributed by atoms with Crippen LogP contribution in [0.3, 0.4) is 0 Å². The van der Waals surface area contributed by atoms with E-state index >= 15 is 0 Å². The monoisotopic (exact) mass is 346 g/mol. The Balaban J connectivity index is 2.13. The van der Waals surface area contributed by atoms with E-state index in [4.69, 9.17) is 0 Å². The smallest absolute Gasteiger partial charge is 0.231 e. The molecule has 0 atom stereocenters. The highest BCUT2D eigenvalue weighted by Gasteiger charge is 2.21. The van der Waals surface area contributed by atoms with E-state index in [9.17, 15) is 8.42 Å². The van der Waals surface area contributed by atoms with Crippen molar-refractivity contribution in [2.24, 2.45) is 0 Å². The highest BCUT2D eigenvalue weighted by Crippen LogP contribution is 2.25. The fourth-order valence-corrected chi connectivity index (χ4v) is 3.95. The number of fused-ring (bicyclic) bond motifs is 1. The van der Waals surface area contributed by atoms with Gasteiger partial charge in [0.25, 0.3) is 10.0 Å². The van der Waals surface area contributed by atoms with Crippen molar-refractivity contribution in [1.82, 2.24) is 18.9 Å². The number of thioether (sulfide) groups is 1. The van der Waals surface area contributed by atoms with Crippen molar-refractivity contribution >= 4 is 32.9 Å². The van der Waals surface area contributed by atoms with Gasteiger partial charge in [-0.05, 0) is 19.1 Å². The van der Waals surface area contributed by atoms with Gasteiger partial charge in [-0.25, -0.2) is 27.3 Å². The fraction of sp³-hybridized carbons (Fsp3) is 0.133. The van der Waals surface area contributed by atoms with Crippen LogP contribution in [0.1, 0.15) is 5.56 Å². The molecule has 0 aliphatic carbocycles. The van der Waals surface area contributed by atoms with Crippen molar-refractivity contribution < 1.29 is 8.42 Å². The fourth-order valence-electron chi connectivity index (χ4n) is 2.04. The second-order valence-electron chi connectivity index (χ2n) is 4.81. The van der Waals surface area contributed by atoms with Crippen LogP contribution in [0.25, 0.3) is 11.2 Å². The summed E-state index contributed by atoms with van der Waals surface area (Å²) < 4.78 is 26.7. The number of hydrogen-bond acceptors (Lipinski definition) is 6. The molecule has 0 saturated carbocycles. The van der Waals surface area contributed by atoms with Crippen molar-refractivity contribution in [3.63, 3.8) is 0 Å². The minimum Gasteiger partial charge on any atom is -0.231 e. The molecule has 0 aliphatic rings. The Kier molecular flexibility index (Phi) is 4.18. The molecule has 3 rings (SSSR count). The van der Waals surface area contributed by atoms with Crippen LogP contribution in [0.4, 0.5) is 0 Å². The Labute approximate surface area is 138 Å². The van der Waals surface area contributed by atoms with Crippen molar-refractivity contribution in [3.05, 3.63) is 55.1 Å². The zero-order valence-electron chi connectivity index (χ0n) is 12.4. The van der Waals surface area contributed by atoms with Crippen molar-refractivity contribution in [2.45, 2.75) is 16.8 Å². The molecule has 23 heavy (non-hydrogen) atoms. The Morgan fingerprint density at radius 3 is 2.65 bits per heavy atom. The molecule has 1 aromatic carbocycles. The van der Waals surface area contributed by atoms with Crippen LogP contribution in [0.2, 0.25) is 0 Å². The molecule has 0 fully saturated rings. The summed E-state index contributed by atoms with van der Waals surface area (Å²) >= 11 is 1.43. The lowest BCUT2D eigenvalue weighted by atomic mass is 10.2. The number of aryl methyl sites for hydroxylation is 1. The quantitative estimate of drug-likeness (QED) is 0.401. The van der Waals surface area contributed by atoms with Gasteiger partial charge in [-0.1, -0.05) is 35.5 Å². The van der Waals surface area contributed by atoms with Gasteiger partial charge in [0.05, 0.1) is 4.90 Å². The summed E-state index contributed by atoms with van der Waals surface area (Å²) in [7, 11) is -3.74. The summed E-state index contributed by atoms with van der Waals surface area (Å²) in [4.78, 5) is 12.6. The molecule has 118 valence electrons. The molecule has 3 aromatic rings. The summed E-state index contributed by atoms with van der Waals surface area (Å²) in [5.41, 5.74) is 1.73. The molecule has 2 aromatic heterocycles. The van der Waals surface area contributed by atoms with E-state index in [2.05, 4.69) is 21.5 Å². The molecule has 0 radical (unpaired) electrons. The van der Waals surface area contributed by atoms with Gasteiger partial charge in [-0.2, -0.15) is 0 Å². The Bertz CT molecular complexity index is 963. The SMILES string of the molecule is C=CCSc1ncnc2c1ncn2S(=O)(=O)c1ccc(C)cc1. The largest absolute Gasteiger partial charge is 0.270 e. The predicted octanol–water partition coefficient (Wildman–Crippen LogP) is 2.65. The molecule has 8 heteroatoms. The van der Waals surface area contributed by atoms with Gasteiger partial charge in [0.1, 0.15) is 23.2 Å². The van der Waals surface area contributed by atoms with Crippen LogP contribution in [-0.2, 0) is 10.0 Å². The maximum Gasteiger partial charge on any atom is 0.270 e. The summed E-state index contributed by atoms with van der Waals surface area (Å²) in [5.74, 6) is 0.656. The van der Waals surface area contributed by atoms with Gasteiger partial charge in [0, 0.05) is 5.75 Å². The average Bonchev–Trinajstić information content (AvgIpc) is 2.98. The van der Waals surface area contributed by atoms with E-state index in [1.54, 1.807) is 30.3 Å². The van der Waals surface area contributed by atoms with Crippen molar-refractivity contribution in [2.75, 3.05) is 5.75 Å². The van der Waals surface area contributed by atoms with Gasteiger partial charge in [0.15, 0.2) is 5.65 Å². The van der Waals surface area contributed by atoms with E-state index in [0.29, 0.717) is 16.3 Å². The first-order valence-corrected chi connectivity index (χ1v) is 9.20. The molecule has 2 heterocycles. The third-order valence-electron chi connectivity index (χ3n) is 3.19.